The second kappa shape index (κ2) is 9.09. The summed E-state index contributed by atoms with van der Waals surface area (Å²) in [6.45, 7) is 5.97. The van der Waals surface area contributed by atoms with Crippen LogP contribution in [0.25, 0.3) is 0 Å². The monoisotopic (exact) mass is 344 g/mol. The lowest BCUT2D eigenvalue weighted by Gasteiger charge is -2.24. The zero-order chi connectivity index (χ0) is 17.5. The Labute approximate surface area is 151 Å². The average molecular weight is 345 g/mol. The van der Waals surface area contributed by atoms with Gasteiger partial charge in [-0.25, -0.2) is 4.99 Å². The van der Waals surface area contributed by atoms with Crippen LogP contribution >= 0.6 is 0 Å². The molecule has 0 amide bonds. The minimum Gasteiger partial charge on any atom is -0.496 e. The maximum absolute atomic E-state index is 5.43. The van der Waals surface area contributed by atoms with Gasteiger partial charge in [-0.1, -0.05) is 31.0 Å². The van der Waals surface area contributed by atoms with Crippen molar-refractivity contribution in [1.29, 1.82) is 0 Å². The molecule has 5 nitrogen and oxygen atoms in total. The van der Waals surface area contributed by atoms with Gasteiger partial charge < -0.3 is 15.4 Å². The van der Waals surface area contributed by atoms with E-state index in [4.69, 9.17) is 9.73 Å². The minimum absolute atomic E-state index is 0.496. The number of para-hydroxylation sites is 1. The number of guanidine groups is 1. The van der Waals surface area contributed by atoms with Gasteiger partial charge in [0.15, 0.2) is 5.96 Å². The van der Waals surface area contributed by atoms with Gasteiger partial charge in [0.05, 0.1) is 13.7 Å². The molecule has 5 heteroatoms. The molecule has 1 saturated heterocycles. The van der Waals surface area contributed by atoms with Gasteiger partial charge in [0.1, 0.15) is 5.75 Å². The van der Waals surface area contributed by atoms with E-state index in [9.17, 15) is 0 Å². The molecular weight excluding hydrogens is 312 g/mol. The molecule has 138 valence electrons. The number of methoxy groups -OCH3 is 1. The third kappa shape index (κ3) is 4.88. The summed E-state index contributed by atoms with van der Waals surface area (Å²) in [6, 6.07) is 9.40. The largest absolute Gasteiger partial charge is 0.496 e. The van der Waals surface area contributed by atoms with Gasteiger partial charge in [-0.15, -0.1) is 0 Å². The number of hydrogen-bond donors (Lipinski definition) is 2. The highest BCUT2D eigenvalue weighted by Crippen LogP contribution is 2.26. The summed E-state index contributed by atoms with van der Waals surface area (Å²) in [6.07, 6.45) is 6.78. The predicted molar refractivity (Wildman–Crippen MR) is 103 cm³/mol. The number of rotatable bonds is 6. The third-order valence-corrected chi connectivity index (χ3v) is 5.35. The zero-order valence-corrected chi connectivity index (χ0v) is 15.6. The van der Waals surface area contributed by atoms with E-state index in [0.717, 1.165) is 36.4 Å². The van der Waals surface area contributed by atoms with Crippen LogP contribution in [0.2, 0.25) is 0 Å². The molecule has 1 aliphatic heterocycles. The Morgan fingerprint density at radius 2 is 2.04 bits per heavy atom. The van der Waals surface area contributed by atoms with E-state index in [1.165, 1.54) is 38.6 Å². The molecule has 1 unspecified atom stereocenters. The molecule has 3 rings (SSSR count). The topological polar surface area (TPSA) is 48.9 Å². The molecular formula is C20H32N4O. The van der Waals surface area contributed by atoms with Crippen LogP contribution in [0.15, 0.2) is 29.3 Å². The Morgan fingerprint density at radius 1 is 1.24 bits per heavy atom. The van der Waals surface area contributed by atoms with E-state index in [-0.39, 0.29) is 0 Å². The summed E-state index contributed by atoms with van der Waals surface area (Å²) in [5.74, 6) is 1.81. The lowest BCUT2D eigenvalue weighted by Crippen LogP contribution is -2.45. The van der Waals surface area contributed by atoms with Gasteiger partial charge in [-0.3, -0.25) is 4.90 Å². The molecule has 0 spiro atoms. The van der Waals surface area contributed by atoms with Crippen molar-refractivity contribution in [2.45, 2.75) is 57.7 Å². The van der Waals surface area contributed by atoms with Crippen LogP contribution in [0.1, 0.15) is 44.6 Å². The van der Waals surface area contributed by atoms with Gasteiger partial charge >= 0.3 is 0 Å². The summed E-state index contributed by atoms with van der Waals surface area (Å²) >= 11 is 0. The number of aliphatic imine (C=N–C) groups is 1. The summed E-state index contributed by atoms with van der Waals surface area (Å²) < 4.78 is 5.43. The molecule has 0 radical (unpaired) electrons. The summed E-state index contributed by atoms with van der Waals surface area (Å²) in [5, 5.41) is 7.02. The molecule has 2 fully saturated rings. The number of likely N-dealkylation sites (tertiary alicyclic amines) is 1. The van der Waals surface area contributed by atoms with Gasteiger partial charge in [-0.05, 0) is 32.3 Å². The first-order valence-corrected chi connectivity index (χ1v) is 9.71. The fourth-order valence-corrected chi connectivity index (χ4v) is 4.02. The molecule has 1 heterocycles. The van der Waals surface area contributed by atoms with E-state index in [0.29, 0.717) is 12.6 Å². The van der Waals surface area contributed by atoms with Crippen LogP contribution < -0.4 is 15.4 Å². The van der Waals surface area contributed by atoms with Gasteiger partial charge in [0.25, 0.3) is 0 Å². The van der Waals surface area contributed by atoms with Crippen molar-refractivity contribution in [2.24, 2.45) is 4.99 Å². The predicted octanol–water partition coefficient (Wildman–Crippen LogP) is 2.77. The van der Waals surface area contributed by atoms with Crippen molar-refractivity contribution in [3.8, 4) is 5.75 Å². The molecule has 0 aromatic heterocycles. The smallest absolute Gasteiger partial charge is 0.191 e. The summed E-state index contributed by atoms with van der Waals surface area (Å²) in [4.78, 5) is 7.45. The lowest BCUT2D eigenvalue weighted by molar-refractivity contribution is 0.242. The van der Waals surface area contributed by atoms with Crippen LogP contribution in [-0.2, 0) is 6.54 Å². The van der Waals surface area contributed by atoms with Gasteiger partial charge in [-0.2, -0.15) is 0 Å². The lowest BCUT2D eigenvalue weighted by atomic mass is 10.2. The molecule has 2 aliphatic rings. The Balaban J connectivity index is 1.57. The molecule has 1 atom stereocenters. The summed E-state index contributed by atoms with van der Waals surface area (Å²) in [5.41, 5.74) is 1.11. The van der Waals surface area contributed by atoms with E-state index in [2.05, 4.69) is 28.5 Å². The van der Waals surface area contributed by atoms with E-state index in [1.54, 1.807) is 7.11 Å². The SMILES string of the molecule is CCNC(=NCc1ccccc1OC)NC1CCN(C2CCCC2)C1. The fourth-order valence-electron chi connectivity index (χ4n) is 4.02. The standard InChI is InChI=1S/C20H32N4O/c1-3-21-20(22-14-16-8-4-7-11-19(16)25-2)23-17-12-13-24(15-17)18-9-5-6-10-18/h4,7-8,11,17-18H,3,5-6,9-10,12-15H2,1-2H3,(H2,21,22,23). The van der Waals surface area contributed by atoms with Crippen LogP contribution in [0, 0.1) is 0 Å². The number of benzene rings is 1. The van der Waals surface area contributed by atoms with E-state index < -0.39 is 0 Å². The Kier molecular flexibility index (Phi) is 6.56. The second-order valence-electron chi connectivity index (χ2n) is 7.07. The minimum atomic E-state index is 0.496. The fraction of sp³-hybridized carbons (Fsp3) is 0.650. The van der Waals surface area contributed by atoms with Crippen molar-refractivity contribution in [1.82, 2.24) is 15.5 Å². The molecule has 25 heavy (non-hydrogen) atoms. The number of hydrogen-bond acceptors (Lipinski definition) is 3. The van der Waals surface area contributed by atoms with Crippen molar-refractivity contribution in [3.05, 3.63) is 29.8 Å². The highest BCUT2D eigenvalue weighted by molar-refractivity contribution is 5.80. The van der Waals surface area contributed by atoms with Crippen molar-refractivity contribution in [3.63, 3.8) is 0 Å². The Hall–Kier alpha value is -1.75. The van der Waals surface area contributed by atoms with Crippen molar-refractivity contribution < 1.29 is 4.74 Å². The molecule has 2 N–H and O–H groups in total. The zero-order valence-electron chi connectivity index (χ0n) is 15.6. The molecule has 1 aromatic carbocycles. The average Bonchev–Trinajstić information content (AvgIpc) is 3.31. The molecule has 1 saturated carbocycles. The van der Waals surface area contributed by atoms with Crippen LogP contribution in [-0.4, -0.2) is 49.7 Å². The maximum Gasteiger partial charge on any atom is 0.191 e. The molecule has 1 aromatic rings. The number of ether oxygens (including phenoxy) is 1. The quantitative estimate of drug-likeness (QED) is 0.615. The third-order valence-electron chi connectivity index (χ3n) is 5.35. The summed E-state index contributed by atoms with van der Waals surface area (Å²) in [7, 11) is 1.71. The highest BCUT2D eigenvalue weighted by Gasteiger charge is 2.30. The Morgan fingerprint density at radius 3 is 2.80 bits per heavy atom. The van der Waals surface area contributed by atoms with Crippen molar-refractivity contribution >= 4 is 5.96 Å². The first-order valence-electron chi connectivity index (χ1n) is 9.71. The first kappa shape index (κ1) is 18.1. The number of nitrogens with one attached hydrogen (secondary N) is 2. The molecule has 0 bridgehead atoms. The Bertz CT molecular complexity index is 569. The second-order valence-corrected chi connectivity index (χ2v) is 7.07. The van der Waals surface area contributed by atoms with Crippen LogP contribution in [0.5, 0.6) is 5.75 Å². The van der Waals surface area contributed by atoms with Crippen molar-refractivity contribution in [2.75, 3.05) is 26.7 Å². The van der Waals surface area contributed by atoms with Crippen LogP contribution in [0.4, 0.5) is 0 Å². The van der Waals surface area contributed by atoms with E-state index in [1.807, 2.05) is 18.2 Å². The number of nitrogens with zero attached hydrogens (tertiary/aromatic N) is 2. The van der Waals surface area contributed by atoms with E-state index >= 15 is 0 Å². The normalized spacial score (nSPS) is 22.3. The first-order chi connectivity index (χ1) is 12.3. The highest BCUT2D eigenvalue weighted by atomic mass is 16.5. The van der Waals surface area contributed by atoms with Gasteiger partial charge in [0.2, 0.25) is 0 Å². The van der Waals surface area contributed by atoms with Gasteiger partial charge in [0, 0.05) is 37.3 Å². The van der Waals surface area contributed by atoms with Crippen LogP contribution in [0.3, 0.4) is 0 Å². The molecule has 1 aliphatic carbocycles. The maximum atomic E-state index is 5.43.